The number of carbonyl (C=O) groups is 1. The number of halogens is 5. The highest BCUT2D eigenvalue weighted by Crippen LogP contribution is 2.32. The van der Waals surface area contributed by atoms with Gasteiger partial charge in [0.1, 0.15) is 11.6 Å². The lowest BCUT2D eigenvalue weighted by molar-refractivity contribution is -0.137. The minimum absolute atomic E-state index is 0.199. The second-order valence-electron chi connectivity index (χ2n) is 5.95. The van der Waals surface area contributed by atoms with Crippen molar-refractivity contribution in [1.82, 2.24) is 4.90 Å². The van der Waals surface area contributed by atoms with Crippen molar-refractivity contribution in [3.8, 4) is 0 Å². The molecule has 26 heavy (non-hydrogen) atoms. The fourth-order valence-electron chi connectivity index (χ4n) is 2.88. The lowest BCUT2D eigenvalue weighted by Crippen LogP contribution is -2.49. The summed E-state index contributed by atoms with van der Waals surface area (Å²) in [6.45, 7) is 0.990. The highest BCUT2D eigenvalue weighted by Gasteiger charge is 2.31. The van der Waals surface area contributed by atoms with Crippen molar-refractivity contribution in [2.45, 2.75) is 6.18 Å². The average Bonchev–Trinajstić information content (AvgIpc) is 2.63. The van der Waals surface area contributed by atoms with E-state index in [-0.39, 0.29) is 18.7 Å². The fourth-order valence-corrected chi connectivity index (χ4v) is 2.88. The molecule has 0 unspecified atom stereocenters. The Morgan fingerprint density at radius 3 is 2.27 bits per heavy atom. The van der Waals surface area contributed by atoms with E-state index in [1.807, 2.05) is 0 Å². The lowest BCUT2D eigenvalue weighted by atomic mass is 10.1. The zero-order chi connectivity index (χ0) is 18.9. The Bertz CT molecular complexity index is 813. The quantitative estimate of drug-likeness (QED) is 0.748. The summed E-state index contributed by atoms with van der Waals surface area (Å²) >= 11 is 0. The predicted octanol–water partition coefficient (Wildman–Crippen LogP) is 3.95. The molecule has 0 atom stereocenters. The number of piperazine rings is 1. The molecular formula is C18H15F5N2O. The third kappa shape index (κ3) is 3.79. The number of carbonyl (C=O) groups excluding carboxylic acids is 1. The average molecular weight is 370 g/mol. The van der Waals surface area contributed by atoms with E-state index in [2.05, 4.69) is 0 Å². The van der Waals surface area contributed by atoms with E-state index < -0.39 is 29.3 Å². The van der Waals surface area contributed by atoms with E-state index in [0.29, 0.717) is 18.8 Å². The molecule has 1 heterocycles. The Hall–Kier alpha value is -2.64. The molecule has 3 nitrogen and oxygen atoms in total. The number of hydrogen-bond donors (Lipinski definition) is 0. The van der Waals surface area contributed by atoms with Gasteiger partial charge in [0.2, 0.25) is 0 Å². The van der Waals surface area contributed by atoms with Gasteiger partial charge in [0.25, 0.3) is 5.91 Å². The summed E-state index contributed by atoms with van der Waals surface area (Å²) in [6, 6.07) is 7.62. The van der Waals surface area contributed by atoms with Crippen LogP contribution in [0.1, 0.15) is 15.9 Å². The molecule has 2 aromatic carbocycles. The molecular weight excluding hydrogens is 355 g/mol. The van der Waals surface area contributed by atoms with Crippen LogP contribution in [0.2, 0.25) is 0 Å². The minimum Gasteiger partial charge on any atom is -0.368 e. The first-order valence-electron chi connectivity index (χ1n) is 7.92. The molecule has 1 aliphatic rings. The van der Waals surface area contributed by atoms with E-state index in [1.165, 1.54) is 11.0 Å². The number of nitrogens with zero attached hydrogens (tertiary/aromatic N) is 2. The molecule has 0 radical (unpaired) electrons. The van der Waals surface area contributed by atoms with Crippen molar-refractivity contribution in [3.63, 3.8) is 0 Å². The molecule has 1 fully saturated rings. The van der Waals surface area contributed by atoms with Crippen molar-refractivity contribution in [2.75, 3.05) is 31.1 Å². The molecule has 1 saturated heterocycles. The van der Waals surface area contributed by atoms with Crippen molar-refractivity contribution in [1.29, 1.82) is 0 Å². The first kappa shape index (κ1) is 18.2. The summed E-state index contributed by atoms with van der Waals surface area (Å²) < 4.78 is 65.5. The summed E-state index contributed by atoms with van der Waals surface area (Å²) in [7, 11) is 0. The topological polar surface area (TPSA) is 23.6 Å². The van der Waals surface area contributed by atoms with Crippen LogP contribution in [0, 0.1) is 11.6 Å². The molecule has 8 heteroatoms. The Balaban J connectivity index is 1.70. The Morgan fingerprint density at radius 2 is 1.62 bits per heavy atom. The van der Waals surface area contributed by atoms with Gasteiger partial charge in [0.15, 0.2) is 0 Å². The molecule has 0 bridgehead atoms. The van der Waals surface area contributed by atoms with Gasteiger partial charge in [-0.25, -0.2) is 8.78 Å². The highest BCUT2D eigenvalue weighted by molar-refractivity contribution is 5.94. The van der Waals surface area contributed by atoms with Crippen LogP contribution in [-0.2, 0) is 6.18 Å². The smallest absolute Gasteiger partial charge is 0.368 e. The molecule has 0 spiro atoms. The molecule has 2 aromatic rings. The maximum Gasteiger partial charge on any atom is 0.416 e. The molecule has 0 aromatic heterocycles. The summed E-state index contributed by atoms with van der Waals surface area (Å²) in [5.74, 6) is -2.15. The van der Waals surface area contributed by atoms with Crippen LogP contribution in [0.3, 0.4) is 0 Å². The van der Waals surface area contributed by atoms with Gasteiger partial charge in [0, 0.05) is 31.9 Å². The third-order valence-corrected chi connectivity index (χ3v) is 4.26. The SMILES string of the molecule is O=C(c1cc(F)ccc1F)N1CCN(c2cccc(C(F)(F)F)c2)CC1. The molecule has 1 aliphatic heterocycles. The number of hydrogen-bond acceptors (Lipinski definition) is 2. The standard InChI is InChI=1S/C18H15F5N2O/c19-13-4-5-16(20)15(11-13)17(26)25-8-6-24(7-9-25)14-3-1-2-12(10-14)18(21,22)23/h1-5,10-11H,6-9H2. The van der Waals surface area contributed by atoms with Crippen LogP contribution in [0.25, 0.3) is 0 Å². The van der Waals surface area contributed by atoms with Crippen LogP contribution >= 0.6 is 0 Å². The van der Waals surface area contributed by atoms with Crippen molar-refractivity contribution < 1.29 is 26.7 Å². The summed E-state index contributed by atoms with van der Waals surface area (Å²) in [5, 5.41) is 0. The Labute approximate surface area is 146 Å². The molecule has 138 valence electrons. The number of anilines is 1. The van der Waals surface area contributed by atoms with Crippen molar-refractivity contribution >= 4 is 11.6 Å². The van der Waals surface area contributed by atoms with Crippen molar-refractivity contribution in [3.05, 3.63) is 65.2 Å². The van der Waals surface area contributed by atoms with Gasteiger partial charge in [-0.15, -0.1) is 0 Å². The molecule has 3 rings (SSSR count). The van der Waals surface area contributed by atoms with Crippen LogP contribution in [0.5, 0.6) is 0 Å². The highest BCUT2D eigenvalue weighted by atomic mass is 19.4. The van der Waals surface area contributed by atoms with Crippen molar-refractivity contribution in [2.24, 2.45) is 0 Å². The summed E-state index contributed by atoms with van der Waals surface area (Å²) in [5.41, 5.74) is -0.684. The lowest BCUT2D eigenvalue weighted by Gasteiger charge is -2.36. The zero-order valence-corrected chi connectivity index (χ0v) is 13.6. The Morgan fingerprint density at radius 1 is 0.923 bits per heavy atom. The van der Waals surface area contributed by atoms with Gasteiger partial charge >= 0.3 is 6.18 Å². The number of benzene rings is 2. The second kappa shape index (κ2) is 6.93. The molecule has 0 aliphatic carbocycles. The second-order valence-corrected chi connectivity index (χ2v) is 5.95. The minimum atomic E-state index is -4.43. The van der Waals surface area contributed by atoms with Gasteiger partial charge in [-0.1, -0.05) is 6.07 Å². The monoisotopic (exact) mass is 370 g/mol. The predicted molar refractivity (Wildman–Crippen MR) is 85.9 cm³/mol. The maximum atomic E-state index is 13.7. The van der Waals surface area contributed by atoms with Gasteiger partial charge in [-0.2, -0.15) is 13.2 Å². The zero-order valence-electron chi connectivity index (χ0n) is 13.6. The first-order valence-corrected chi connectivity index (χ1v) is 7.92. The maximum absolute atomic E-state index is 13.7. The van der Waals surface area contributed by atoms with E-state index in [1.54, 1.807) is 11.0 Å². The van der Waals surface area contributed by atoms with Crippen LogP contribution in [0.4, 0.5) is 27.6 Å². The van der Waals surface area contributed by atoms with Crippen LogP contribution < -0.4 is 4.90 Å². The fraction of sp³-hybridized carbons (Fsp3) is 0.278. The van der Waals surface area contributed by atoms with Gasteiger partial charge in [-0.05, 0) is 36.4 Å². The van der Waals surface area contributed by atoms with E-state index >= 15 is 0 Å². The molecule has 0 N–H and O–H groups in total. The van der Waals surface area contributed by atoms with Gasteiger partial charge in [0.05, 0.1) is 11.1 Å². The third-order valence-electron chi connectivity index (χ3n) is 4.26. The van der Waals surface area contributed by atoms with E-state index in [0.717, 1.165) is 30.3 Å². The summed E-state index contributed by atoms with van der Waals surface area (Å²) in [6.07, 6.45) is -4.43. The number of amides is 1. The normalized spacial score (nSPS) is 15.3. The number of rotatable bonds is 2. The number of alkyl halides is 3. The largest absolute Gasteiger partial charge is 0.416 e. The van der Waals surface area contributed by atoms with E-state index in [9.17, 15) is 26.7 Å². The van der Waals surface area contributed by atoms with Crippen LogP contribution in [-0.4, -0.2) is 37.0 Å². The van der Waals surface area contributed by atoms with Gasteiger partial charge < -0.3 is 9.80 Å². The van der Waals surface area contributed by atoms with Crippen LogP contribution in [0.15, 0.2) is 42.5 Å². The first-order chi connectivity index (χ1) is 12.3. The Kier molecular flexibility index (Phi) is 4.84. The van der Waals surface area contributed by atoms with E-state index in [4.69, 9.17) is 0 Å². The van der Waals surface area contributed by atoms with Gasteiger partial charge in [-0.3, -0.25) is 4.79 Å². The summed E-state index contributed by atoms with van der Waals surface area (Å²) in [4.78, 5) is 15.4. The molecule has 0 saturated carbocycles. The molecule has 1 amide bonds.